The van der Waals surface area contributed by atoms with Gasteiger partial charge in [-0.25, -0.2) is 4.98 Å². The molecule has 3 rings (SSSR count). The maximum Gasteiger partial charge on any atom is 0.228 e. The lowest BCUT2D eigenvalue weighted by Gasteiger charge is -2.20. The quantitative estimate of drug-likeness (QED) is 0.940. The van der Waals surface area contributed by atoms with Crippen LogP contribution in [-0.4, -0.2) is 16.7 Å². The van der Waals surface area contributed by atoms with Gasteiger partial charge in [-0.2, -0.15) is 0 Å². The summed E-state index contributed by atoms with van der Waals surface area (Å²) in [6.45, 7) is 3.67. The Labute approximate surface area is 133 Å². The maximum atomic E-state index is 12.4. The van der Waals surface area contributed by atoms with Crippen LogP contribution in [0.25, 0.3) is 0 Å². The van der Waals surface area contributed by atoms with Gasteiger partial charge in [-0.1, -0.05) is 55.5 Å². The molecule has 1 amide bonds. The van der Waals surface area contributed by atoms with E-state index in [4.69, 9.17) is 0 Å². The zero-order valence-electron chi connectivity index (χ0n) is 12.6. The van der Waals surface area contributed by atoms with Crippen molar-refractivity contribution in [3.05, 3.63) is 46.5 Å². The Hall–Kier alpha value is -2.01. The van der Waals surface area contributed by atoms with Crippen LogP contribution in [0.5, 0.6) is 0 Å². The van der Waals surface area contributed by atoms with Crippen molar-refractivity contribution < 1.29 is 9.59 Å². The Kier molecular flexibility index (Phi) is 4.07. The SMILES string of the molecule is CC(C)C(=O)Nc1nc2c(s1)C(=O)CC(c1ccccc1)C2. The minimum absolute atomic E-state index is 0.0712. The van der Waals surface area contributed by atoms with Crippen molar-refractivity contribution in [3.63, 3.8) is 0 Å². The fourth-order valence-electron chi connectivity index (χ4n) is 2.59. The molecule has 114 valence electrons. The Morgan fingerprint density at radius 3 is 2.68 bits per heavy atom. The van der Waals surface area contributed by atoms with Crippen molar-refractivity contribution in [1.29, 1.82) is 0 Å². The zero-order chi connectivity index (χ0) is 15.7. The van der Waals surface area contributed by atoms with E-state index in [0.29, 0.717) is 16.4 Å². The van der Waals surface area contributed by atoms with Crippen LogP contribution in [-0.2, 0) is 11.2 Å². The third kappa shape index (κ3) is 2.95. The lowest BCUT2D eigenvalue weighted by Crippen LogP contribution is -2.18. The van der Waals surface area contributed by atoms with Gasteiger partial charge < -0.3 is 5.32 Å². The van der Waals surface area contributed by atoms with Gasteiger partial charge in [0.05, 0.1) is 10.6 Å². The number of hydrogen-bond acceptors (Lipinski definition) is 4. The number of carbonyl (C=O) groups is 2. The summed E-state index contributed by atoms with van der Waals surface area (Å²) in [5.41, 5.74) is 1.98. The number of hydrogen-bond donors (Lipinski definition) is 1. The normalized spacial score (nSPS) is 17.4. The van der Waals surface area contributed by atoms with Gasteiger partial charge in [-0.05, 0) is 17.9 Å². The Morgan fingerprint density at radius 2 is 2.00 bits per heavy atom. The first kappa shape index (κ1) is 14.9. The standard InChI is InChI=1S/C17H18N2O2S/c1-10(2)16(21)19-17-18-13-8-12(9-14(20)15(13)22-17)11-6-4-3-5-7-11/h3-7,10,12H,8-9H2,1-2H3,(H,18,19,21). The molecule has 1 aromatic heterocycles. The highest BCUT2D eigenvalue weighted by molar-refractivity contribution is 7.17. The van der Waals surface area contributed by atoms with Gasteiger partial charge in [0.15, 0.2) is 10.9 Å². The topological polar surface area (TPSA) is 59.1 Å². The molecular weight excluding hydrogens is 296 g/mol. The summed E-state index contributed by atoms with van der Waals surface area (Å²) in [6, 6.07) is 10.1. The molecule has 0 aliphatic heterocycles. The number of thiazole rings is 1. The van der Waals surface area contributed by atoms with Crippen molar-refractivity contribution in [2.45, 2.75) is 32.6 Å². The summed E-state index contributed by atoms with van der Waals surface area (Å²) in [6.07, 6.45) is 1.26. The van der Waals surface area contributed by atoms with Crippen LogP contribution in [0.4, 0.5) is 5.13 Å². The highest BCUT2D eigenvalue weighted by Gasteiger charge is 2.30. The number of Topliss-reactive ketones (excluding diaryl/α,β-unsaturated/α-hetero) is 1. The summed E-state index contributed by atoms with van der Waals surface area (Å²) >= 11 is 1.29. The summed E-state index contributed by atoms with van der Waals surface area (Å²) < 4.78 is 0. The summed E-state index contributed by atoms with van der Waals surface area (Å²) in [5, 5.41) is 3.32. The number of nitrogens with zero attached hydrogens (tertiary/aromatic N) is 1. The minimum atomic E-state index is -0.103. The largest absolute Gasteiger partial charge is 0.302 e. The molecule has 2 aromatic rings. The molecule has 1 atom stereocenters. The van der Waals surface area contributed by atoms with Gasteiger partial charge in [0, 0.05) is 12.3 Å². The molecule has 1 aliphatic carbocycles. The molecule has 0 spiro atoms. The van der Waals surface area contributed by atoms with Crippen molar-refractivity contribution in [2.24, 2.45) is 5.92 Å². The average Bonchev–Trinajstić information content (AvgIpc) is 2.91. The predicted octanol–water partition coefficient (Wildman–Crippen LogP) is 3.65. The number of carbonyl (C=O) groups excluding carboxylic acids is 2. The van der Waals surface area contributed by atoms with E-state index in [2.05, 4.69) is 22.4 Å². The van der Waals surface area contributed by atoms with Gasteiger partial charge in [-0.15, -0.1) is 0 Å². The average molecular weight is 314 g/mol. The lowest BCUT2D eigenvalue weighted by atomic mass is 9.85. The Morgan fingerprint density at radius 1 is 1.27 bits per heavy atom. The van der Waals surface area contributed by atoms with Crippen molar-refractivity contribution in [2.75, 3.05) is 5.32 Å². The van der Waals surface area contributed by atoms with Crippen LogP contribution in [0.1, 0.15) is 47.1 Å². The molecule has 1 heterocycles. The van der Waals surface area contributed by atoms with Crippen LogP contribution < -0.4 is 5.32 Å². The van der Waals surface area contributed by atoms with Crippen LogP contribution in [0.2, 0.25) is 0 Å². The van der Waals surface area contributed by atoms with Gasteiger partial charge in [0.2, 0.25) is 5.91 Å². The fourth-order valence-corrected chi connectivity index (χ4v) is 3.54. The summed E-state index contributed by atoms with van der Waals surface area (Å²) in [4.78, 5) is 29.3. The number of fused-ring (bicyclic) bond motifs is 1. The van der Waals surface area contributed by atoms with E-state index in [9.17, 15) is 9.59 Å². The van der Waals surface area contributed by atoms with Gasteiger partial charge in [-0.3, -0.25) is 9.59 Å². The van der Waals surface area contributed by atoms with E-state index in [1.165, 1.54) is 16.9 Å². The van der Waals surface area contributed by atoms with E-state index >= 15 is 0 Å². The number of rotatable bonds is 3. The molecule has 1 aliphatic rings. The van der Waals surface area contributed by atoms with Crippen LogP contribution in [0.3, 0.4) is 0 Å². The molecule has 0 bridgehead atoms. The minimum Gasteiger partial charge on any atom is -0.302 e. The van der Waals surface area contributed by atoms with Crippen molar-refractivity contribution in [3.8, 4) is 0 Å². The molecule has 5 heteroatoms. The second-order valence-electron chi connectivity index (χ2n) is 5.88. The summed E-state index contributed by atoms with van der Waals surface area (Å²) in [5.74, 6) is 0.126. The van der Waals surface area contributed by atoms with Crippen molar-refractivity contribution in [1.82, 2.24) is 4.98 Å². The molecule has 22 heavy (non-hydrogen) atoms. The molecule has 0 fully saturated rings. The maximum absolute atomic E-state index is 12.4. The molecular formula is C17H18N2O2S. The predicted molar refractivity (Wildman–Crippen MR) is 87.4 cm³/mol. The smallest absolute Gasteiger partial charge is 0.228 e. The highest BCUT2D eigenvalue weighted by Crippen LogP contribution is 2.36. The number of amides is 1. The van der Waals surface area contributed by atoms with Gasteiger partial charge >= 0.3 is 0 Å². The zero-order valence-corrected chi connectivity index (χ0v) is 13.4. The van der Waals surface area contributed by atoms with E-state index in [1.807, 2.05) is 32.0 Å². The van der Waals surface area contributed by atoms with Crippen molar-refractivity contribution >= 4 is 28.2 Å². The first-order valence-electron chi connectivity index (χ1n) is 7.43. The molecule has 4 nitrogen and oxygen atoms in total. The second-order valence-corrected chi connectivity index (χ2v) is 6.88. The third-order valence-corrected chi connectivity index (χ3v) is 4.90. The van der Waals surface area contributed by atoms with Crippen LogP contribution in [0.15, 0.2) is 30.3 Å². The number of benzene rings is 1. The molecule has 1 unspecified atom stereocenters. The van der Waals surface area contributed by atoms with E-state index < -0.39 is 0 Å². The van der Waals surface area contributed by atoms with Crippen LogP contribution >= 0.6 is 11.3 Å². The number of nitrogens with one attached hydrogen (secondary N) is 1. The lowest BCUT2D eigenvalue weighted by molar-refractivity contribution is -0.118. The molecule has 0 saturated carbocycles. The molecule has 1 aromatic carbocycles. The Bertz CT molecular complexity index is 707. The molecule has 1 N–H and O–H groups in total. The van der Waals surface area contributed by atoms with Gasteiger partial charge in [0.25, 0.3) is 0 Å². The van der Waals surface area contributed by atoms with Gasteiger partial charge in [0.1, 0.15) is 0 Å². The summed E-state index contributed by atoms with van der Waals surface area (Å²) in [7, 11) is 0. The van der Waals surface area contributed by atoms with E-state index in [1.54, 1.807) is 0 Å². The fraction of sp³-hybridized carbons (Fsp3) is 0.353. The number of aromatic nitrogens is 1. The van der Waals surface area contributed by atoms with E-state index in [0.717, 1.165) is 12.1 Å². The first-order chi connectivity index (χ1) is 10.5. The van der Waals surface area contributed by atoms with E-state index in [-0.39, 0.29) is 23.5 Å². The molecule has 0 saturated heterocycles. The first-order valence-corrected chi connectivity index (χ1v) is 8.25. The number of ketones is 1. The monoisotopic (exact) mass is 314 g/mol. The highest BCUT2D eigenvalue weighted by atomic mass is 32.1. The van der Waals surface area contributed by atoms with Crippen LogP contribution in [0, 0.1) is 5.92 Å². The third-order valence-electron chi connectivity index (χ3n) is 3.85. The molecule has 0 radical (unpaired) electrons. The second kappa shape index (κ2) is 6.01. The Balaban J connectivity index is 1.83. The number of anilines is 1.